The monoisotopic (exact) mass is 426 g/mol. The van der Waals surface area contributed by atoms with Gasteiger partial charge >= 0.3 is 12.2 Å². The summed E-state index contributed by atoms with van der Waals surface area (Å²) >= 11 is 1.17. The van der Waals surface area contributed by atoms with Crippen molar-refractivity contribution >= 4 is 29.3 Å². The molecule has 3 rings (SSSR count). The molecule has 1 aliphatic rings. The van der Waals surface area contributed by atoms with Gasteiger partial charge in [-0.15, -0.1) is 11.3 Å². The number of carbonyl (C=O) groups is 1. The van der Waals surface area contributed by atoms with E-state index in [0.29, 0.717) is 34.0 Å². The highest BCUT2D eigenvalue weighted by Gasteiger charge is 2.38. The summed E-state index contributed by atoms with van der Waals surface area (Å²) in [6.45, 7) is 6.30. The molecule has 2 heterocycles. The zero-order valence-electron chi connectivity index (χ0n) is 16.4. The lowest BCUT2D eigenvalue weighted by Crippen LogP contribution is -2.18. The van der Waals surface area contributed by atoms with E-state index in [9.17, 15) is 23.1 Å². The topological polar surface area (TPSA) is 87.5 Å². The van der Waals surface area contributed by atoms with Gasteiger partial charge in [0.15, 0.2) is 0 Å². The number of aromatic nitrogens is 2. The van der Waals surface area contributed by atoms with Crippen molar-refractivity contribution < 1.29 is 23.1 Å². The van der Waals surface area contributed by atoms with Crippen molar-refractivity contribution in [2.75, 3.05) is 5.32 Å². The highest BCUT2D eigenvalue weighted by Crippen LogP contribution is 2.42. The van der Waals surface area contributed by atoms with E-state index in [2.05, 4.69) is 20.3 Å². The first-order valence-corrected chi connectivity index (χ1v) is 9.84. The number of halogens is 3. The summed E-state index contributed by atoms with van der Waals surface area (Å²) in [6.07, 6.45) is -0.651. The molecule has 29 heavy (non-hydrogen) atoms. The van der Waals surface area contributed by atoms with E-state index >= 15 is 0 Å². The number of alkyl halides is 3. The van der Waals surface area contributed by atoms with Gasteiger partial charge in [-0.05, 0) is 45.1 Å². The average molecular weight is 426 g/mol. The summed E-state index contributed by atoms with van der Waals surface area (Å²) in [5, 5.41) is 12.9. The maximum Gasteiger partial charge on any atom is 0.433 e. The third kappa shape index (κ3) is 4.48. The number of nitrogens with zero attached hydrogens (tertiary/aromatic N) is 3. The number of anilines is 1. The summed E-state index contributed by atoms with van der Waals surface area (Å²) in [7, 11) is 0. The van der Waals surface area contributed by atoms with Gasteiger partial charge in [-0.25, -0.2) is 19.8 Å². The third-order valence-corrected chi connectivity index (χ3v) is 5.97. The Hall–Kier alpha value is -2.33. The number of hydrogen-bond acceptors (Lipinski definition) is 5. The average Bonchev–Trinajstić information content (AvgIpc) is 3.21. The van der Waals surface area contributed by atoms with Crippen LogP contribution < -0.4 is 5.32 Å². The fourth-order valence-electron chi connectivity index (χ4n) is 3.24. The second-order valence-electron chi connectivity index (χ2n) is 7.58. The number of nitrogens with one attached hydrogen (secondary N) is 1. The highest BCUT2D eigenvalue weighted by atomic mass is 32.1. The Morgan fingerprint density at radius 1 is 1.41 bits per heavy atom. The van der Waals surface area contributed by atoms with E-state index in [-0.39, 0.29) is 17.2 Å². The van der Waals surface area contributed by atoms with Crippen molar-refractivity contribution in [1.82, 2.24) is 9.97 Å². The molecule has 0 unspecified atom stereocenters. The van der Waals surface area contributed by atoms with Crippen LogP contribution in [0.25, 0.3) is 0 Å². The zero-order chi connectivity index (χ0) is 21.6. The van der Waals surface area contributed by atoms with Gasteiger partial charge in [0.05, 0.1) is 16.8 Å². The number of rotatable bonds is 3. The molecule has 0 saturated carbocycles. The molecule has 2 amide bonds. The van der Waals surface area contributed by atoms with Crippen LogP contribution in [0.3, 0.4) is 0 Å². The molecule has 0 fully saturated rings. The van der Waals surface area contributed by atoms with Gasteiger partial charge in [-0.2, -0.15) is 13.2 Å². The normalized spacial score (nSPS) is 17.0. The maximum absolute atomic E-state index is 13.4. The molecule has 2 aromatic rings. The molecule has 0 radical (unpaired) electrons. The first-order valence-electron chi connectivity index (χ1n) is 9.02. The zero-order valence-corrected chi connectivity index (χ0v) is 17.2. The van der Waals surface area contributed by atoms with Crippen molar-refractivity contribution in [3.8, 4) is 0 Å². The Labute approximate surface area is 169 Å². The summed E-state index contributed by atoms with van der Waals surface area (Å²) in [6, 6.07) is -0.785. The number of urea groups is 1. The van der Waals surface area contributed by atoms with Crippen molar-refractivity contribution in [3.63, 3.8) is 0 Å². The molecular formula is C19H21F3N4O2S. The molecule has 0 spiro atoms. The molecule has 6 nitrogen and oxygen atoms in total. The molecule has 0 aromatic carbocycles. The molecule has 156 valence electrons. The lowest BCUT2D eigenvalue weighted by molar-refractivity contribution is -0.141. The van der Waals surface area contributed by atoms with Crippen molar-refractivity contribution in [3.05, 3.63) is 38.6 Å². The van der Waals surface area contributed by atoms with Crippen LogP contribution in [0.5, 0.6) is 0 Å². The van der Waals surface area contributed by atoms with E-state index in [4.69, 9.17) is 0 Å². The molecule has 1 atom stereocenters. The largest absolute Gasteiger partial charge is 0.433 e. The number of aliphatic hydroxyl groups is 1. The lowest BCUT2D eigenvalue weighted by atomic mass is 10.0. The van der Waals surface area contributed by atoms with Crippen LogP contribution in [0.15, 0.2) is 11.2 Å². The summed E-state index contributed by atoms with van der Waals surface area (Å²) in [5.41, 5.74) is -1.07. The summed E-state index contributed by atoms with van der Waals surface area (Å²) in [5.74, 6) is -0.108. The van der Waals surface area contributed by atoms with Gasteiger partial charge in [0.25, 0.3) is 0 Å². The Kier molecular flexibility index (Phi) is 5.52. The number of carbonyl (C=O) groups excluding carboxylic acids is 1. The van der Waals surface area contributed by atoms with Gasteiger partial charge in [-0.1, -0.05) is 6.92 Å². The maximum atomic E-state index is 13.4. The van der Waals surface area contributed by atoms with Crippen molar-refractivity contribution in [1.29, 1.82) is 0 Å². The molecule has 10 heteroatoms. The fourth-order valence-corrected chi connectivity index (χ4v) is 4.03. The first-order chi connectivity index (χ1) is 13.4. The quantitative estimate of drug-likeness (QED) is 0.691. The fraction of sp³-hybridized carbons (Fsp3) is 0.474. The van der Waals surface area contributed by atoms with E-state index < -0.39 is 23.5 Å². The van der Waals surface area contributed by atoms with Crippen molar-refractivity contribution in [2.24, 2.45) is 4.99 Å². The predicted octanol–water partition coefficient (Wildman–Crippen LogP) is 4.79. The van der Waals surface area contributed by atoms with Gasteiger partial charge in [0, 0.05) is 17.5 Å². The molecule has 0 aliphatic heterocycles. The third-order valence-electron chi connectivity index (χ3n) is 4.72. The predicted molar refractivity (Wildman–Crippen MR) is 105 cm³/mol. The van der Waals surface area contributed by atoms with Crippen LogP contribution >= 0.6 is 11.3 Å². The smallest absolute Gasteiger partial charge is 0.383 e. The lowest BCUT2D eigenvalue weighted by Gasteiger charge is -2.18. The number of aliphatic imine (C=N–C) groups is 1. The first kappa shape index (κ1) is 21.4. The Morgan fingerprint density at radius 3 is 2.69 bits per heavy atom. The minimum absolute atomic E-state index is 0.108. The van der Waals surface area contributed by atoms with Gasteiger partial charge < -0.3 is 10.4 Å². The number of thiazole rings is 1. The minimum Gasteiger partial charge on any atom is -0.383 e. The van der Waals surface area contributed by atoms with Crippen LogP contribution in [-0.2, 0) is 18.2 Å². The van der Waals surface area contributed by atoms with E-state index in [1.807, 2.05) is 6.92 Å². The van der Waals surface area contributed by atoms with Gasteiger partial charge in [0.2, 0.25) is 0 Å². The Morgan fingerprint density at radius 2 is 2.10 bits per heavy atom. The SMILES string of the molecule is Cc1c(C(F)(F)F)nc2c(c1NC(=O)N=Cc1cnc(C(C)(C)O)s1)CC[C@@H]2C. The molecule has 0 bridgehead atoms. The Bertz CT molecular complexity index is 977. The number of hydrogen-bond donors (Lipinski definition) is 2. The van der Waals surface area contributed by atoms with E-state index in [1.54, 1.807) is 13.8 Å². The van der Waals surface area contributed by atoms with Crippen LogP contribution in [0.4, 0.5) is 23.7 Å². The molecule has 2 N–H and O–H groups in total. The van der Waals surface area contributed by atoms with Crippen LogP contribution in [0, 0.1) is 6.92 Å². The summed E-state index contributed by atoms with van der Waals surface area (Å²) < 4.78 is 40.2. The number of amides is 2. The van der Waals surface area contributed by atoms with Crippen LogP contribution in [0.2, 0.25) is 0 Å². The molecule has 0 saturated heterocycles. The highest BCUT2D eigenvalue weighted by molar-refractivity contribution is 7.13. The number of fused-ring (bicyclic) bond motifs is 1. The minimum atomic E-state index is -4.61. The summed E-state index contributed by atoms with van der Waals surface area (Å²) in [4.78, 5) is 24.5. The van der Waals surface area contributed by atoms with Gasteiger partial charge in [-0.3, -0.25) is 0 Å². The Balaban J connectivity index is 1.88. The molecule has 2 aromatic heterocycles. The van der Waals surface area contributed by atoms with Crippen LogP contribution in [-0.4, -0.2) is 27.3 Å². The van der Waals surface area contributed by atoms with Crippen LogP contribution in [0.1, 0.15) is 65.5 Å². The van der Waals surface area contributed by atoms with E-state index in [0.717, 1.165) is 0 Å². The van der Waals surface area contributed by atoms with Gasteiger partial charge in [0.1, 0.15) is 16.3 Å². The standard InChI is InChI=1S/C19H21F3N4O2S/c1-9-5-6-12-13(9)25-15(19(20,21)22)10(2)14(12)26-17(27)24-8-11-7-23-16(29-11)18(3,4)28/h7-9,28H,5-6H2,1-4H3,(H,25,26,27)/t9-/m0/s1. The second kappa shape index (κ2) is 7.49. The molecule has 1 aliphatic carbocycles. The van der Waals surface area contributed by atoms with E-state index in [1.165, 1.54) is 30.7 Å². The second-order valence-corrected chi connectivity index (χ2v) is 8.64. The van der Waals surface area contributed by atoms with Crippen molar-refractivity contribution in [2.45, 2.75) is 58.2 Å². The molecular weight excluding hydrogens is 405 g/mol. The number of pyridine rings is 1.